The molecule has 0 bridgehead atoms. The largest absolute Gasteiger partial charge is 0.497 e. The van der Waals surface area contributed by atoms with Crippen LogP contribution in [0.2, 0.25) is 0 Å². The lowest BCUT2D eigenvalue weighted by Crippen LogP contribution is -2.47. The number of nitrogens with one attached hydrogen (secondary N) is 1. The van der Waals surface area contributed by atoms with E-state index in [0.717, 1.165) is 37.5 Å². The number of carbonyl (C=O) groups is 1. The Kier molecular flexibility index (Phi) is 9.77. The van der Waals surface area contributed by atoms with E-state index < -0.39 is 10.0 Å². The number of likely N-dealkylation sites (tertiary alicyclic amines) is 2. The highest BCUT2D eigenvalue weighted by molar-refractivity contribution is 7.89. The molecule has 4 rings (SSSR count). The number of piperidine rings is 1. The highest BCUT2D eigenvalue weighted by Crippen LogP contribution is 2.34. The number of hydrogen-bond donors (Lipinski definition) is 1. The van der Waals surface area contributed by atoms with Gasteiger partial charge in [-0.15, -0.1) is 0 Å². The Morgan fingerprint density at radius 1 is 1.00 bits per heavy atom. The maximum atomic E-state index is 13.2. The smallest absolute Gasteiger partial charge is 0.243 e. The molecule has 9 heteroatoms. The lowest BCUT2D eigenvalue weighted by molar-refractivity contribution is -0.122. The Bertz CT molecular complexity index is 1040. The average molecular weight is 549 g/mol. The summed E-state index contributed by atoms with van der Waals surface area (Å²) in [4.78, 5) is 18.2. The van der Waals surface area contributed by atoms with Gasteiger partial charge in [-0.1, -0.05) is 0 Å². The van der Waals surface area contributed by atoms with Gasteiger partial charge in [-0.25, -0.2) is 12.7 Å². The zero-order valence-corrected chi connectivity index (χ0v) is 24.9. The van der Waals surface area contributed by atoms with E-state index in [-0.39, 0.29) is 24.9 Å². The summed E-state index contributed by atoms with van der Waals surface area (Å²) in [6.45, 7) is 8.68. The van der Waals surface area contributed by atoms with Crippen LogP contribution in [-0.4, -0.2) is 94.4 Å². The van der Waals surface area contributed by atoms with E-state index in [1.807, 2.05) is 0 Å². The highest BCUT2D eigenvalue weighted by atomic mass is 32.2. The minimum atomic E-state index is -3.70. The van der Waals surface area contributed by atoms with Crippen molar-refractivity contribution >= 4 is 15.9 Å². The standard InChI is InChI=1S/C29H48N4O4S/c1-21-18-27(37-5)19-22(2)29(21)38(35,36)32(4)15-13-28(34)30-25-6-8-26(9-7-25)33-16-11-23(12-17-33)24-10-14-31(3)20-24/h18-19,23-26H,6-17,20H2,1-5H3,(H,30,34). The first-order valence-corrected chi connectivity index (χ1v) is 15.9. The minimum Gasteiger partial charge on any atom is -0.497 e. The molecule has 0 radical (unpaired) electrons. The third-order valence-corrected chi connectivity index (χ3v) is 11.4. The fourth-order valence-corrected chi connectivity index (χ4v) is 8.54. The van der Waals surface area contributed by atoms with Gasteiger partial charge in [-0.2, -0.15) is 0 Å². The summed E-state index contributed by atoms with van der Waals surface area (Å²) in [5.41, 5.74) is 1.29. The molecule has 1 saturated carbocycles. The van der Waals surface area contributed by atoms with Crippen LogP contribution in [-0.2, 0) is 14.8 Å². The maximum absolute atomic E-state index is 13.2. The second-order valence-electron chi connectivity index (χ2n) is 11.9. The molecule has 3 fully saturated rings. The predicted octanol–water partition coefficient (Wildman–Crippen LogP) is 3.41. The number of carbonyl (C=O) groups excluding carboxylic acids is 1. The Hall–Kier alpha value is -1.68. The lowest BCUT2D eigenvalue weighted by Gasteiger charge is -2.42. The van der Waals surface area contributed by atoms with Crippen molar-refractivity contribution in [2.75, 3.05) is 53.9 Å². The van der Waals surface area contributed by atoms with Gasteiger partial charge in [-0.05, 0) is 121 Å². The molecule has 1 aromatic rings. The van der Waals surface area contributed by atoms with Crippen LogP contribution in [0.15, 0.2) is 17.0 Å². The molecular formula is C29H48N4O4S. The van der Waals surface area contributed by atoms with E-state index in [9.17, 15) is 13.2 Å². The van der Waals surface area contributed by atoms with Gasteiger partial charge < -0.3 is 19.9 Å². The Morgan fingerprint density at radius 3 is 2.16 bits per heavy atom. The molecule has 3 aliphatic rings. The SMILES string of the molecule is COc1cc(C)c(S(=O)(=O)N(C)CCC(=O)NC2CCC(N3CCC(C4CCN(C)C4)CC3)CC2)c(C)c1. The van der Waals surface area contributed by atoms with E-state index in [1.54, 1.807) is 40.1 Å². The molecule has 1 unspecified atom stereocenters. The summed E-state index contributed by atoms with van der Waals surface area (Å²) in [5.74, 6) is 2.36. The lowest BCUT2D eigenvalue weighted by atomic mass is 9.82. The van der Waals surface area contributed by atoms with E-state index in [4.69, 9.17) is 4.74 Å². The molecule has 1 N–H and O–H groups in total. The van der Waals surface area contributed by atoms with Crippen LogP contribution >= 0.6 is 0 Å². The van der Waals surface area contributed by atoms with Crippen LogP contribution in [0.1, 0.15) is 62.5 Å². The number of ether oxygens (including phenoxy) is 1. The van der Waals surface area contributed by atoms with Crippen molar-refractivity contribution in [2.24, 2.45) is 11.8 Å². The highest BCUT2D eigenvalue weighted by Gasteiger charge is 2.34. The fraction of sp³-hybridized carbons (Fsp3) is 0.759. The maximum Gasteiger partial charge on any atom is 0.243 e. The van der Waals surface area contributed by atoms with Crippen LogP contribution < -0.4 is 10.1 Å². The predicted molar refractivity (Wildman–Crippen MR) is 151 cm³/mol. The average Bonchev–Trinajstić information content (AvgIpc) is 3.33. The number of methoxy groups -OCH3 is 1. The third kappa shape index (κ3) is 6.90. The van der Waals surface area contributed by atoms with Gasteiger partial charge in [-0.3, -0.25) is 4.79 Å². The van der Waals surface area contributed by atoms with Gasteiger partial charge in [0, 0.05) is 38.6 Å². The topological polar surface area (TPSA) is 82.2 Å². The summed E-state index contributed by atoms with van der Waals surface area (Å²) in [7, 11) is 1.66. The van der Waals surface area contributed by atoms with Crippen LogP contribution in [0.25, 0.3) is 0 Å². The Morgan fingerprint density at radius 2 is 1.61 bits per heavy atom. The molecule has 2 aliphatic heterocycles. The molecule has 38 heavy (non-hydrogen) atoms. The van der Waals surface area contributed by atoms with Crippen molar-refractivity contribution in [1.82, 2.24) is 19.4 Å². The number of hydrogen-bond acceptors (Lipinski definition) is 6. The van der Waals surface area contributed by atoms with E-state index in [1.165, 1.54) is 49.7 Å². The van der Waals surface area contributed by atoms with Crippen LogP contribution in [0.5, 0.6) is 5.75 Å². The van der Waals surface area contributed by atoms with Crippen molar-refractivity contribution in [3.05, 3.63) is 23.3 Å². The number of sulfonamides is 1. The van der Waals surface area contributed by atoms with E-state index in [2.05, 4.69) is 22.2 Å². The number of amides is 1. The first-order chi connectivity index (χ1) is 18.1. The van der Waals surface area contributed by atoms with Gasteiger partial charge in [0.05, 0.1) is 12.0 Å². The third-order valence-electron chi connectivity index (χ3n) is 9.24. The van der Waals surface area contributed by atoms with Crippen LogP contribution in [0.4, 0.5) is 0 Å². The molecule has 0 aromatic heterocycles. The summed E-state index contributed by atoms with van der Waals surface area (Å²) in [6, 6.07) is 4.29. The monoisotopic (exact) mass is 548 g/mol. The second-order valence-corrected chi connectivity index (χ2v) is 13.9. The molecule has 2 saturated heterocycles. The molecule has 2 heterocycles. The molecule has 0 spiro atoms. The molecule has 1 aromatic carbocycles. The first kappa shape index (κ1) is 29.3. The fourth-order valence-electron chi connectivity index (χ4n) is 6.97. The van der Waals surface area contributed by atoms with Crippen LogP contribution in [0, 0.1) is 25.7 Å². The summed E-state index contributed by atoms with van der Waals surface area (Å²) in [6.07, 6.45) is 8.47. The van der Waals surface area contributed by atoms with Crippen molar-refractivity contribution in [2.45, 2.75) is 82.2 Å². The van der Waals surface area contributed by atoms with E-state index >= 15 is 0 Å². The van der Waals surface area contributed by atoms with Gasteiger partial charge in [0.15, 0.2) is 0 Å². The number of aryl methyl sites for hydroxylation is 2. The normalized spacial score (nSPS) is 26.1. The number of rotatable bonds is 9. The van der Waals surface area contributed by atoms with Gasteiger partial charge in [0.25, 0.3) is 0 Å². The molecule has 1 aliphatic carbocycles. The Balaban J connectivity index is 1.19. The van der Waals surface area contributed by atoms with Gasteiger partial charge in [0.1, 0.15) is 5.75 Å². The second kappa shape index (κ2) is 12.7. The first-order valence-electron chi connectivity index (χ1n) is 14.4. The zero-order valence-electron chi connectivity index (χ0n) is 24.0. The van der Waals surface area contributed by atoms with Crippen molar-refractivity contribution in [3.8, 4) is 5.75 Å². The minimum absolute atomic E-state index is 0.0685. The molecule has 214 valence electrons. The number of nitrogens with zero attached hydrogens (tertiary/aromatic N) is 3. The molecule has 1 atom stereocenters. The summed E-state index contributed by atoms with van der Waals surface area (Å²) in [5, 5.41) is 3.17. The quantitative estimate of drug-likeness (QED) is 0.509. The molecule has 8 nitrogen and oxygen atoms in total. The van der Waals surface area contributed by atoms with Crippen LogP contribution in [0.3, 0.4) is 0 Å². The summed E-state index contributed by atoms with van der Waals surface area (Å²) >= 11 is 0. The number of benzene rings is 1. The van der Waals surface area contributed by atoms with Crippen molar-refractivity contribution < 1.29 is 17.9 Å². The molecular weight excluding hydrogens is 500 g/mol. The summed E-state index contributed by atoms with van der Waals surface area (Å²) < 4.78 is 33.0. The van der Waals surface area contributed by atoms with Crippen molar-refractivity contribution in [1.29, 1.82) is 0 Å². The van der Waals surface area contributed by atoms with Gasteiger partial charge in [0.2, 0.25) is 15.9 Å². The van der Waals surface area contributed by atoms with E-state index in [0.29, 0.717) is 27.8 Å². The van der Waals surface area contributed by atoms with Crippen molar-refractivity contribution in [3.63, 3.8) is 0 Å². The zero-order chi connectivity index (χ0) is 27.4. The Labute approximate surface area is 230 Å². The molecule has 1 amide bonds. The van der Waals surface area contributed by atoms with Gasteiger partial charge >= 0.3 is 0 Å².